The van der Waals surface area contributed by atoms with E-state index >= 15 is 0 Å². The van der Waals surface area contributed by atoms with E-state index in [2.05, 4.69) is 38.5 Å². The lowest BCUT2D eigenvalue weighted by Gasteiger charge is -2.40. The molecule has 0 radical (unpaired) electrons. The molecule has 1 aliphatic heterocycles. The van der Waals surface area contributed by atoms with Gasteiger partial charge in [-0.3, -0.25) is 38.5 Å². The van der Waals surface area contributed by atoms with Crippen molar-refractivity contribution in [3.63, 3.8) is 0 Å². The number of hydrogen-bond acceptors (Lipinski definition) is 13. The number of rotatable bonds is 32. The molecule has 0 saturated carbocycles. The quantitative estimate of drug-likeness (QED) is 0.0378. The summed E-state index contributed by atoms with van der Waals surface area (Å²) in [6, 6.07) is 8.92. The highest BCUT2D eigenvalue weighted by Crippen LogP contribution is 2.30. The molecule has 9 N–H and O–H groups in total. The Hall–Kier alpha value is -7.11. The van der Waals surface area contributed by atoms with Crippen LogP contribution in [0.5, 0.6) is 0 Å². The summed E-state index contributed by atoms with van der Waals surface area (Å²) in [7, 11) is 6.04. The maximum atomic E-state index is 14.3. The number of nitrogens with zero attached hydrogens (tertiary/aromatic N) is 3. The Kier molecular flexibility index (Phi) is 28.4. The van der Waals surface area contributed by atoms with E-state index < -0.39 is 114 Å². The van der Waals surface area contributed by atoms with E-state index in [9.17, 15) is 48.3 Å². The fraction of sp³-hybridized carbons (Fsp3) is 0.610. The number of carbonyl (C=O) groups is 9. The number of hydrogen-bond donors (Lipinski definition) is 8. The maximum Gasteiger partial charge on any atom is 0.410 e. The van der Waals surface area contributed by atoms with Gasteiger partial charge in [0.15, 0.2) is 0 Å². The molecule has 0 aromatic heterocycles. The Morgan fingerprint density at radius 1 is 0.805 bits per heavy atom. The largest absolute Gasteiger partial charge is 0.445 e. The van der Waals surface area contributed by atoms with Gasteiger partial charge < -0.3 is 66.8 Å². The first-order chi connectivity index (χ1) is 38.7. The third kappa shape index (κ3) is 20.1. The van der Waals surface area contributed by atoms with Gasteiger partial charge in [-0.25, -0.2) is 9.59 Å². The standard InChI is InChI=1S/C59H92N10O13/c1-15-36(7)50(45(80-13)32-47(71)69-31-21-25-44(69)52(81-14)37(8)53(73)62-38(9)51(72)41-22-18-17-19-23-41)67(11)57(77)39(10)63-56(76)49(35(5)6)68(12)59(79)82-33-40-26-28-42(29-27-40)64-54(74)43(24-20-30-61-58(60)78)65-55(75)48(34(3)4)66-46(70)16-2/h16-19,22-23,26-29,34-39,43-45,48-52,72H,2,15,20-21,24-25,30-33H2,1,3-14H3,(H,62,73)(H,63,76)(H,64,74)(H,65,75)(H,66,70)(H3,60,61,78)/t36-,37+,38+,39-,43-,44-,45+,48-,49-,50-,51+,52+/m0/s1. The Bertz CT molecular complexity index is 2450. The molecule has 1 saturated heterocycles. The highest BCUT2D eigenvalue weighted by atomic mass is 16.6. The smallest absolute Gasteiger partial charge is 0.410 e. The number of likely N-dealkylation sites (N-methyl/N-ethyl adjacent to an activating group) is 2. The van der Waals surface area contributed by atoms with Crippen molar-refractivity contribution in [3.8, 4) is 0 Å². The summed E-state index contributed by atoms with van der Waals surface area (Å²) in [6.07, 6.45) is 0.116. The van der Waals surface area contributed by atoms with E-state index in [1.807, 2.05) is 32.0 Å². The van der Waals surface area contributed by atoms with Crippen LogP contribution in [-0.2, 0) is 54.4 Å². The van der Waals surface area contributed by atoms with Crippen LogP contribution in [0.1, 0.15) is 118 Å². The van der Waals surface area contributed by atoms with Crippen molar-refractivity contribution in [1.29, 1.82) is 0 Å². The third-order valence-corrected chi connectivity index (χ3v) is 15.2. The molecule has 12 atom stereocenters. The van der Waals surface area contributed by atoms with E-state index in [4.69, 9.17) is 19.9 Å². The fourth-order valence-corrected chi connectivity index (χ4v) is 10.3. The zero-order valence-corrected chi connectivity index (χ0v) is 50.2. The molecular formula is C59H92N10O13. The molecule has 10 amide bonds. The predicted molar refractivity (Wildman–Crippen MR) is 310 cm³/mol. The molecule has 0 unspecified atom stereocenters. The summed E-state index contributed by atoms with van der Waals surface area (Å²) >= 11 is 0. The van der Waals surface area contributed by atoms with Crippen LogP contribution in [0.3, 0.4) is 0 Å². The number of anilines is 1. The van der Waals surface area contributed by atoms with Crippen molar-refractivity contribution in [2.45, 2.75) is 168 Å². The number of likely N-dealkylation sites (tertiary alicyclic amines) is 1. The second-order valence-electron chi connectivity index (χ2n) is 21.9. The van der Waals surface area contributed by atoms with Gasteiger partial charge in [-0.05, 0) is 86.6 Å². The predicted octanol–water partition coefficient (Wildman–Crippen LogP) is 4.14. The summed E-state index contributed by atoms with van der Waals surface area (Å²) in [5.41, 5.74) is 6.75. The molecule has 0 spiro atoms. The summed E-state index contributed by atoms with van der Waals surface area (Å²) < 4.78 is 17.6. The van der Waals surface area contributed by atoms with Crippen molar-refractivity contribution < 1.29 is 62.5 Å². The van der Waals surface area contributed by atoms with Crippen molar-refractivity contribution in [2.75, 3.05) is 46.7 Å². The van der Waals surface area contributed by atoms with Crippen molar-refractivity contribution in [3.05, 3.63) is 78.4 Å². The number of urea groups is 1. The Morgan fingerprint density at radius 3 is 2.01 bits per heavy atom. The summed E-state index contributed by atoms with van der Waals surface area (Å²) in [4.78, 5) is 124. The first-order valence-electron chi connectivity index (χ1n) is 28.2. The highest BCUT2D eigenvalue weighted by molar-refractivity contribution is 5.99. The lowest BCUT2D eigenvalue weighted by molar-refractivity contribution is -0.147. The zero-order chi connectivity index (χ0) is 61.5. The number of carbonyl (C=O) groups excluding carboxylic acids is 9. The van der Waals surface area contributed by atoms with Crippen LogP contribution >= 0.6 is 0 Å². The average Bonchev–Trinajstić information content (AvgIpc) is 4.08. The highest BCUT2D eigenvalue weighted by Gasteiger charge is 2.43. The van der Waals surface area contributed by atoms with Crippen molar-refractivity contribution in [1.82, 2.24) is 41.3 Å². The number of amides is 10. The minimum absolute atomic E-state index is 0.0813. The number of aliphatic hydroxyl groups is 1. The van der Waals surface area contributed by atoms with Gasteiger partial charge in [0, 0.05) is 47.1 Å². The summed E-state index contributed by atoms with van der Waals surface area (Å²) in [6.45, 7) is 19.7. The Morgan fingerprint density at radius 2 is 1.45 bits per heavy atom. The van der Waals surface area contributed by atoms with Gasteiger partial charge in [-0.15, -0.1) is 0 Å². The Balaban J connectivity index is 1.66. The van der Waals surface area contributed by atoms with E-state index in [1.54, 1.807) is 96.8 Å². The number of primary amides is 1. The zero-order valence-electron chi connectivity index (χ0n) is 50.2. The fourth-order valence-electron chi connectivity index (χ4n) is 10.3. The number of nitrogens with one attached hydrogen (secondary N) is 6. The van der Waals surface area contributed by atoms with E-state index in [0.29, 0.717) is 42.6 Å². The summed E-state index contributed by atoms with van der Waals surface area (Å²) in [5.74, 6) is -4.89. The van der Waals surface area contributed by atoms with Gasteiger partial charge in [-0.1, -0.05) is 104 Å². The number of benzene rings is 2. The van der Waals surface area contributed by atoms with E-state index in [0.717, 1.165) is 11.0 Å². The number of methoxy groups -OCH3 is 2. The van der Waals surface area contributed by atoms with Gasteiger partial charge in [-0.2, -0.15) is 0 Å². The molecule has 2 aromatic carbocycles. The van der Waals surface area contributed by atoms with Crippen LogP contribution in [0.15, 0.2) is 67.3 Å². The maximum absolute atomic E-state index is 14.3. The number of nitrogens with two attached hydrogens (primary N) is 1. The van der Waals surface area contributed by atoms with Crippen LogP contribution in [0, 0.1) is 23.7 Å². The van der Waals surface area contributed by atoms with Crippen LogP contribution in [0.2, 0.25) is 0 Å². The first-order valence-corrected chi connectivity index (χ1v) is 28.2. The molecular weight excluding hydrogens is 1060 g/mol. The molecule has 0 aliphatic carbocycles. The topological polar surface area (TPSA) is 309 Å². The SMILES string of the molecule is C=CC(=O)N[C@H](C(=O)N[C@@H](CCCNC(N)=O)C(=O)Nc1ccc(COC(=O)N(C)[C@H](C(=O)N[C@@H](C)C(=O)N(C)[C@@H]([C@@H](C)CC)[C@@H](CC(=O)N2CCC[C@H]2[C@H](OC)[C@@H](C)C(=O)N[C@H](C)[C@@H](O)c2ccccc2)OC)C(C)C)cc1)C(C)C. The minimum Gasteiger partial charge on any atom is -0.445 e. The van der Waals surface area contributed by atoms with Gasteiger partial charge >= 0.3 is 12.1 Å². The lowest BCUT2D eigenvalue weighted by atomic mass is 9.90. The minimum atomic E-state index is -1.07. The van der Waals surface area contributed by atoms with Crippen molar-refractivity contribution >= 4 is 59.2 Å². The first kappa shape index (κ1) is 69.2. The molecule has 3 rings (SSSR count). The van der Waals surface area contributed by atoms with E-state index in [1.165, 1.54) is 26.2 Å². The van der Waals surface area contributed by atoms with Crippen LogP contribution in [0.25, 0.3) is 0 Å². The molecule has 456 valence electrons. The average molecular weight is 1150 g/mol. The Labute approximate surface area is 483 Å². The monoisotopic (exact) mass is 1150 g/mol. The molecule has 2 aromatic rings. The van der Waals surface area contributed by atoms with Gasteiger partial charge in [0.1, 0.15) is 30.8 Å². The molecule has 23 heteroatoms. The van der Waals surface area contributed by atoms with Crippen LogP contribution < -0.4 is 37.6 Å². The third-order valence-electron chi connectivity index (χ3n) is 15.2. The van der Waals surface area contributed by atoms with Gasteiger partial charge in [0.2, 0.25) is 41.4 Å². The molecule has 23 nitrogen and oxygen atoms in total. The molecule has 82 heavy (non-hydrogen) atoms. The molecule has 1 fully saturated rings. The number of ether oxygens (including phenoxy) is 3. The lowest BCUT2D eigenvalue weighted by Crippen LogP contribution is -2.58. The van der Waals surface area contributed by atoms with Gasteiger partial charge in [0.25, 0.3) is 0 Å². The van der Waals surface area contributed by atoms with Crippen LogP contribution in [0.4, 0.5) is 15.3 Å². The number of aliphatic hydroxyl groups excluding tert-OH is 1. The van der Waals surface area contributed by atoms with Crippen LogP contribution in [-0.4, -0.2) is 169 Å². The normalized spacial score (nSPS) is 17.2. The second-order valence-corrected chi connectivity index (χ2v) is 21.9. The van der Waals surface area contributed by atoms with Gasteiger partial charge in [0.05, 0.1) is 48.8 Å². The molecule has 1 heterocycles. The van der Waals surface area contributed by atoms with E-state index in [-0.39, 0.29) is 56.1 Å². The molecule has 0 bridgehead atoms. The summed E-state index contributed by atoms with van der Waals surface area (Å²) in [5, 5.41) is 27.1. The van der Waals surface area contributed by atoms with Crippen molar-refractivity contribution in [2.24, 2.45) is 29.4 Å². The second kappa shape index (κ2) is 33.7. The molecule has 1 aliphatic rings.